The smallest absolute Gasteiger partial charge is 0.260 e. The molecule has 0 aliphatic carbocycles. The van der Waals surface area contributed by atoms with E-state index in [0.29, 0.717) is 23.1 Å². The lowest BCUT2D eigenvalue weighted by Crippen LogP contribution is -2.39. The van der Waals surface area contributed by atoms with Gasteiger partial charge < -0.3 is 14.4 Å². The van der Waals surface area contributed by atoms with Gasteiger partial charge in [-0.15, -0.1) is 0 Å². The largest absolute Gasteiger partial charge is 0.483 e. The molecular formula is C23H27Cl2NO3. The van der Waals surface area contributed by atoms with Crippen LogP contribution < -0.4 is 4.74 Å². The number of hydrogen-bond acceptors (Lipinski definition) is 3. The molecule has 0 N–H and O–H groups in total. The van der Waals surface area contributed by atoms with Crippen molar-refractivity contribution in [3.8, 4) is 5.75 Å². The number of amides is 1. The topological polar surface area (TPSA) is 38.8 Å². The van der Waals surface area contributed by atoms with Crippen molar-refractivity contribution in [2.75, 3.05) is 19.8 Å². The van der Waals surface area contributed by atoms with Gasteiger partial charge in [-0.2, -0.15) is 0 Å². The van der Waals surface area contributed by atoms with Crippen LogP contribution in [-0.2, 0) is 16.1 Å². The van der Waals surface area contributed by atoms with Crippen LogP contribution >= 0.6 is 23.2 Å². The summed E-state index contributed by atoms with van der Waals surface area (Å²) >= 11 is 12.3. The molecule has 1 atom stereocenters. The van der Waals surface area contributed by atoms with Gasteiger partial charge in [-0.25, -0.2) is 0 Å². The predicted molar refractivity (Wildman–Crippen MR) is 117 cm³/mol. The molecule has 6 heteroatoms. The van der Waals surface area contributed by atoms with E-state index in [4.69, 9.17) is 32.7 Å². The summed E-state index contributed by atoms with van der Waals surface area (Å²) in [5.74, 6) is 0.677. The number of nitrogens with zero attached hydrogens (tertiary/aromatic N) is 1. The first-order valence-corrected chi connectivity index (χ1v) is 10.6. The first-order valence-electron chi connectivity index (χ1n) is 9.87. The lowest BCUT2D eigenvalue weighted by atomic mass is 10.1. The zero-order valence-corrected chi connectivity index (χ0v) is 18.6. The van der Waals surface area contributed by atoms with E-state index in [1.807, 2.05) is 26.8 Å². The lowest BCUT2D eigenvalue weighted by Gasteiger charge is -2.26. The monoisotopic (exact) mass is 435 g/mol. The van der Waals surface area contributed by atoms with Crippen molar-refractivity contribution < 1.29 is 14.3 Å². The molecule has 1 aliphatic heterocycles. The lowest BCUT2D eigenvalue weighted by molar-refractivity contribution is -0.135. The number of ether oxygens (including phenoxy) is 2. The quantitative estimate of drug-likeness (QED) is 0.575. The first kappa shape index (κ1) is 21.9. The number of rotatable bonds is 7. The number of carbonyl (C=O) groups excluding carboxylic acids is 1. The van der Waals surface area contributed by atoms with E-state index in [1.54, 1.807) is 17.0 Å². The van der Waals surface area contributed by atoms with E-state index in [1.165, 1.54) is 5.56 Å². The Bertz CT molecular complexity index is 855. The van der Waals surface area contributed by atoms with Crippen molar-refractivity contribution in [1.82, 2.24) is 4.90 Å². The highest BCUT2D eigenvalue weighted by Gasteiger charge is 2.24. The maximum atomic E-state index is 13.1. The summed E-state index contributed by atoms with van der Waals surface area (Å²) in [7, 11) is 0. The molecule has 1 saturated heterocycles. The van der Waals surface area contributed by atoms with Gasteiger partial charge >= 0.3 is 0 Å². The zero-order valence-electron chi connectivity index (χ0n) is 17.1. The van der Waals surface area contributed by atoms with Gasteiger partial charge in [0.1, 0.15) is 5.75 Å². The van der Waals surface area contributed by atoms with Crippen LogP contribution in [0.2, 0.25) is 10.0 Å². The van der Waals surface area contributed by atoms with Gasteiger partial charge in [0.15, 0.2) is 6.61 Å². The Morgan fingerprint density at radius 1 is 1.17 bits per heavy atom. The van der Waals surface area contributed by atoms with Crippen molar-refractivity contribution in [2.45, 2.75) is 46.3 Å². The van der Waals surface area contributed by atoms with E-state index < -0.39 is 0 Å². The highest BCUT2D eigenvalue weighted by molar-refractivity contribution is 6.35. The Balaban J connectivity index is 1.73. The van der Waals surface area contributed by atoms with Crippen molar-refractivity contribution in [2.24, 2.45) is 0 Å². The molecular weight excluding hydrogens is 409 g/mol. The van der Waals surface area contributed by atoms with Gasteiger partial charge in [0, 0.05) is 29.7 Å². The highest BCUT2D eigenvalue weighted by atomic mass is 35.5. The summed E-state index contributed by atoms with van der Waals surface area (Å²) in [5, 5.41) is 1.12. The molecule has 2 aromatic carbocycles. The molecule has 0 radical (unpaired) electrons. The fourth-order valence-electron chi connectivity index (χ4n) is 3.76. The molecule has 0 aromatic heterocycles. The molecule has 2 aromatic rings. The Kier molecular flexibility index (Phi) is 7.44. The molecule has 1 aliphatic rings. The van der Waals surface area contributed by atoms with Crippen molar-refractivity contribution >= 4 is 29.1 Å². The second kappa shape index (κ2) is 9.84. The first-order chi connectivity index (χ1) is 13.8. The third-order valence-electron chi connectivity index (χ3n) is 5.12. The SMILES string of the molecule is Cc1cc(C)c(OCC(=O)N(Cc2ccc(Cl)cc2Cl)CC2CCCO2)c(C)c1. The minimum atomic E-state index is -0.0918. The molecule has 1 amide bonds. The van der Waals surface area contributed by atoms with Crippen LogP contribution in [0, 0.1) is 20.8 Å². The van der Waals surface area contributed by atoms with Crippen LogP contribution in [0.4, 0.5) is 0 Å². The number of halogens is 2. The molecule has 156 valence electrons. The molecule has 1 fully saturated rings. The summed E-state index contributed by atoms with van der Waals surface area (Å²) in [6, 6.07) is 9.46. The minimum absolute atomic E-state index is 0.0251. The van der Waals surface area contributed by atoms with E-state index in [2.05, 4.69) is 12.1 Å². The Hall–Kier alpha value is -1.75. The molecule has 29 heavy (non-hydrogen) atoms. The van der Waals surface area contributed by atoms with Gasteiger partial charge in [0.2, 0.25) is 0 Å². The molecule has 0 spiro atoms. The predicted octanol–water partition coefficient (Wildman–Crippen LogP) is 5.51. The van der Waals surface area contributed by atoms with Gasteiger partial charge in [0.05, 0.1) is 6.10 Å². The van der Waals surface area contributed by atoms with Crippen molar-refractivity contribution in [3.63, 3.8) is 0 Å². The van der Waals surface area contributed by atoms with Crippen LogP contribution in [-0.4, -0.2) is 36.7 Å². The van der Waals surface area contributed by atoms with Crippen LogP contribution in [0.5, 0.6) is 5.75 Å². The molecule has 0 saturated carbocycles. The average Bonchev–Trinajstić information content (AvgIpc) is 3.15. The standard InChI is InChI=1S/C23H27Cl2NO3/c1-15-9-16(2)23(17(3)10-15)29-14-22(27)26(13-20-5-4-8-28-20)12-18-6-7-19(24)11-21(18)25/h6-7,9-11,20H,4-5,8,12-14H2,1-3H3. The van der Waals surface area contributed by atoms with Crippen LogP contribution in [0.25, 0.3) is 0 Å². The number of carbonyl (C=O) groups is 1. The fraction of sp³-hybridized carbons (Fsp3) is 0.435. The number of aryl methyl sites for hydroxylation is 3. The molecule has 1 heterocycles. The second-order valence-electron chi connectivity index (χ2n) is 7.66. The summed E-state index contributed by atoms with van der Waals surface area (Å²) in [4.78, 5) is 14.8. The van der Waals surface area contributed by atoms with Gasteiger partial charge in [0.25, 0.3) is 5.91 Å². The number of benzene rings is 2. The summed E-state index contributed by atoms with van der Waals surface area (Å²) in [5.41, 5.74) is 4.09. The molecule has 1 unspecified atom stereocenters. The Morgan fingerprint density at radius 3 is 2.52 bits per heavy atom. The molecule has 3 rings (SSSR count). The van der Waals surface area contributed by atoms with E-state index in [-0.39, 0.29) is 18.6 Å². The van der Waals surface area contributed by atoms with Crippen molar-refractivity contribution in [3.05, 3.63) is 62.6 Å². The fourth-order valence-corrected chi connectivity index (χ4v) is 4.23. The average molecular weight is 436 g/mol. The highest BCUT2D eigenvalue weighted by Crippen LogP contribution is 2.26. The summed E-state index contributed by atoms with van der Waals surface area (Å²) in [6.07, 6.45) is 2.02. The van der Waals surface area contributed by atoms with E-state index in [0.717, 1.165) is 41.9 Å². The normalized spacial score (nSPS) is 16.1. The zero-order chi connectivity index (χ0) is 21.0. The number of hydrogen-bond donors (Lipinski definition) is 0. The van der Waals surface area contributed by atoms with E-state index in [9.17, 15) is 4.79 Å². The second-order valence-corrected chi connectivity index (χ2v) is 8.51. The maximum Gasteiger partial charge on any atom is 0.260 e. The summed E-state index contributed by atoms with van der Waals surface area (Å²) < 4.78 is 11.7. The van der Waals surface area contributed by atoms with Crippen LogP contribution in [0.15, 0.2) is 30.3 Å². The molecule has 0 bridgehead atoms. The minimum Gasteiger partial charge on any atom is -0.483 e. The van der Waals surface area contributed by atoms with Crippen LogP contribution in [0.3, 0.4) is 0 Å². The third-order valence-corrected chi connectivity index (χ3v) is 5.71. The Morgan fingerprint density at radius 2 is 1.90 bits per heavy atom. The van der Waals surface area contributed by atoms with Gasteiger partial charge in [-0.3, -0.25) is 4.79 Å². The van der Waals surface area contributed by atoms with Gasteiger partial charge in [-0.1, -0.05) is 47.0 Å². The maximum absolute atomic E-state index is 13.1. The van der Waals surface area contributed by atoms with Gasteiger partial charge in [-0.05, 0) is 62.4 Å². The Labute approximate surface area is 182 Å². The third kappa shape index (κ3) is 5.88. The van der Waals surface area contributed by atoms with Crippen molar-refractivity contribution in [1.29, 1.82) is 0 Å². The molecule has 4 nitrogen and oxygen atoms in total. The van der Waals surface area contributed by atoms with E-state index >= 15 is 0 Å². The summed E-state index contributed by atoms with van der Waals surface area (Å²) in [6.45, 7) is 7.68. The van der Waals surface area contributed by atoms with Crippen LogP contribution in [0.1, 0.15) is 35.1 Å².